The molecular formula is C3H11OSi. The lowest BCUT2D eigenvalue weighted by Gasteiger charge is -1.45. The molecule has 0 rings (SSSR count). The third-order valence-electron chi connectivity index (χ3n) is 0. The lowest BCUT2D eigenvalue weighted by Crippen LogP contribution is -1.52. The van der Waals surface area contributed by atoms with Gasteiger partial charge in [-0.2, -0.15) is 0 Å². The zero-order valence-electron chi connectivity index (χ0n) is 4.12. The second-order valence-corrected chi connectivity index (χ2v) is 0.289. The van der Waals surface area contributed by atoms with Crippen LogP contribution in [0.1, 0.15) is 6.92 Å². The molecular weight excluding hydrogens is 80.1 g/mol. The maximum absolute atomic E-state index is 8.93. The van der Waals surface area contributed by atoms with Gasteiger partial charge in [-0.25, -0.2) is 5.11 Å². The quantitative estimate of drug-likeness (QED) is 0.369. The average molecular weight is 91.2 g/mol. The Bertz CT molecular complexity index is 6.85. The largest absolute Gasteiger partial charge is 0.237 e. The van der Waals surface area contributed by atoms with Crippen molar-refractivity contribution >= 4 is 10.2 Å². The molecule has 33 valence electrons. The second-order valence-electron chi connectivity index (χ2n) is 0.289. The molecule has 0 aromatic carbocycles. The van der Waals surface area contributed by atoms with Crippen molar-refractivity contribution in [3.63, 3.8) is 0 Å². The molecule has 0 fully saturated rings. The first-order valence-corrected chi connectivity index (χ1v) is 4.00. The molecule has 0 heterocycles. The van der Waals surface area contributed by atoms with E-state index in [0.29, 0.717) is 0 Å². The predicted molar refractivity (Wildman–Crippen MR) is 27.0 cm³/mol. The van der Waals surface area contributed by atoms with E-state index in [0.717, 1.165) is 0 Å². The van der Waals surface area contributed by atoms with Crippen LogP contribution in [-0.2, 0) is 5.11 Å². The fourth-order valence-electron chi connectivity index (χ4n) is 0. The lowest BCUT2D eigenvalue weighted by molar-refractivity contribution is 0.212. The van der Waals surface area contributed by atoms with Crippen molar-refractivity contribution in [3.8, 4) is 0 Å². The van der Waals surface area contributed by atoms with Gasteiger partial charge in [0.2, 0.25) is 0 Å². The Morgan fingerprint density at radius 1 is 1.60 bits per heavy atom. The van der Waals surface area contributed by atoms with E-state index >= 15 is 0 Å². The third kappa shape index (κ3) is 633. The van der Waals surface area contributed by atoms with E-state index in [1.807, 2.05) is 0 Å². The van der Waals surface area contributed by atoms with Crippen molar-refractivity contribution in [2.75, 3.05) is 6.61 Å². The van der Waals surface area contributed by atoms with Gasteiger partial charge in [0.1, 0.15) is 0 Å². The molecule has 0 N–H and O–H groups in total. The van der Waals surface area contributed by atoms with Gasteiger partial charge in [0, 0.05) is 0 Å². The van der Waals surface area contributed by atoms with Gasteiger partial charge in [0.25, 0.3) is 0 Å². The molecule has 0 saturated heterocycles. The van der Waals surface area contributed by atoms with E-state index in [1.165, 1.54) is 10.2 Å². The van der Waals surface area contributed by atoms with Crippen molar-refractivity contribution in [1.29, 1.82) is 0 Å². The normalized spacial score (nSPS) is 5.40. The average Bonchev–Trinajstić information content (AvgIpc) is 1.46. The van der Waals surface area contributed by atoms with E-state index in [-0.39, 0.29) is 6.61 Å². The lowest BCUT2D eigenvalue weighted by atomic mass is 10.9. The van der Waals surface area contributed by atoms with E-state index in [1.54, 1.807) is 6.92 Å². The summed E-state index contributed by atoms with van der Waals surface area (Å²) in [6.07, 6.45) is 0. The van der Waals surface area contributed by atoms with Gasteiger partial charge in [-0.1, -0.05) is 6.55 Å². The highest BCUT2D eigenvalue weighted by molar-refractivity contribution is 6.05. The van der Waals surface area contributed by atoms with E-state index in [4.69, 9.17) is 5.11 Å². The molecule has 0 saturated carbocycles. The van der Waals surface area contributed by atoms with Crippen LogP contribution in [-0.4, -0.2) is 16.8 Å². The van der Waals surface area contributed by atoms with E-state index in [9.17, 15) is 0 Å². The second kappa shape index (κ2) is 30.4. The molecule has 0 unspecified atom stereocenters. The summed E-state index contributed by atoms with van der Waals surface area (Å²) in [7, 11) is 1.31. The molecule has 1 nitrogen and oxygen atoms in total. The van der Waals surface area contributed by atoms with Crippen molar-refractivity contribution in [2.45, 2.75) is 13.5 Å². The monoisotopic (exact) mass is 91.1 g/mol. The minimum absolute atomic E-state index is 0. The SMILES string of the molecule is CC[O].C[SiH3]. The Kier molecular flexibility index (Phi) is 54.5. The molecule has 0 aromatic rings. The Balaban J connectivity index is 0. The molecule has 0 spiro atoms. The van der Waals surface area contributed by atoms with Crippen LogP contribution in [0.15, 0.2) is 0 Å². The zero-order valence-corrected chi connectivity index (χ0v) is 6.12. The minimum Gasteiger partial charge on any atom is -0.237 e. The van der Waals surface area contributed by atoms with Crippen molar-refractivity contribution < 1.29 is 5.11 Å². The van der Waals surface area contributed by atoms with Crippen LogP contribution < -0.4 is 0 Å². The fourth-order valence-corrected chi connectivity index (χ4v) is 0. The van der Waals surface area contributed by atoms with E-state index in [2.05, 4.69) is 6.55 Å². The summed E-state index contributed by atoms with van der Waals surface area (Å²) in [5, 5.41) is 8.93. The first-order valence-electron chi connectivity index (χ1n) is 2.00. The molecule has 2 heteroatoms. The van der Waals surface area contributed by atoms with Gasteiger partial charge < -0.3 is 0 Å². The van der Waals surface area contributed by atoms with Crippen molar-refractivity contribution in [1.82, 2.24) is 0 Å². The van der Waals surface area contributed by atoms with Crippen LogP contribution in [0.4, 0.5) is 0 Å². The highest BCUT2D eigenvalue weighted by Gasteiger charge is 1.39. The zero-order chi connectivity index (χ0) is 4.71. The summed E-state index contributed by atoms with van der Waals surface area (Å²) < 4.78 is 0. The first-order chi connectivity index (χ1) is 2.41. The molecule has 0 bridgehead atoms. The van der Waals surface area contributed by atoms with Crippen molar-refractivity contribution in [3.05, 3.63) is 0 Å². The molecule has 1 radical (unpaired) electrons. The molecule has 0 amide bonds. The fraction of sp³-hybridized carbons (Fsp3) is 1.00. The van der Waals surface area contributed by atoms with Crippen LogP contribution in [0, 0.1) is 0 Å². The molecule has 0 aromatic heterocycles. The van der Waals surface area contributed by atoms with Gasteiger partial charge in [-0.15, -0.1) is 0 Å². The smallest absolute Gasteiger partial charge is 0.0794 e. The van der Waals surface area contributed by atoms with Gasteiger partial charge >= 0.3 is 0 Å². The predicted octanol–water partition coefficient (Wildman–Crippen LogP) is -0.163. The number of hydrogen-bond acceptors (Lipinski definition) is 0. The summed E-state index contributed by atoms with van der Waals surface area (Å²) in [6.45, 7) is 3.71. The number of rotatable bonds is 0. The summed E-state index contributed by atoms with van der Waals surface area (Å²) in [4.78, 5) is 0. The Morgan fingerprint density at radius 3 is 1.60 bits per heavy atom. The molecule has 0 aliphatic heterocycles. The summed E-state index contributed by atoms with van der Waals surface area (Å²) in [5.74, 6) is 0. The summed E-state index contributed by atoms with van der Waals surface area (Å²) >= 11 is 0. The van der Waals surface area contributed by atoms with Gasteiger partial charge in [0.05, 0.1) is 6.61 Å². The van der Waals surface area contributed by atoms with E-state index < -0.39 is 0 Å². The van der Waals surface area contributed by atoms with Crippen LogP contribution >= 0.6 is 0 Å². The number of hydrogen-bond donors (Lipinski definition) is 0. The first kappa shape index (κ1) is 8.95. The minimum atomic E-state index is 0. The standard InChI is InChI=1S/C2H5O.CH6Si/c1-2-3;1-2/h2H2,1H3;1-2H3. The topological polar surface area (TPSA) is 19.9 Å². The third-order valence-corrected chi connectivity index (χ3v) is 0. The molecule has 0 aliphatic carbocycles. The summed E-state index contributed by atoms with van der Waals surface area (Å²) in [6, 6.07) is 0. The summed E-state index contributed by atoms with van der Waals surface area (Å²) in [5.41, 5.74) is 0. The maximum atomic E-state index is 8.93. The van der Waals surface area contributed by atoms with Crippen molar-refractivity contribution in [2.24, 2.45) is 0 Å². The molecule has 5 heavy (non-hydrogen) atoms. The molecule has 0 aliphatic rings. The molecule has 0 atom stereocenters. The Hall–Kier alpha value is 0.177. The van der Waals surface area contributed by atoms with Crippen LogP contribution in [0.5, 0.6) is 0 Å². The van der Waals surface area contributed by atoms with Crippen LogP contribution in [0.2, 0.25) is 6.55 Å². The maximum Gasteiger partial charge on any atom is 0.0794 e. The Labute approximate surface area is 36.4 Å². The van der Waals surface area contributed by atoms with Gasteiger partial charge in [0.15, 0.2) is 0 Å². The Morgan fingerprint density at radius 2 is 1.60 bits per heavy atom. The van der Waals surface area contributed by atoms with Gasteiger partial charge in [-0.05, 0) is 17.2 Å². The van der Waals surface area contributed by atoms with Crippen LogP contribution in [0.3, 0.4) is 0 Å². The van der Waals surface area contributed by atoms with Gasteiger partial charge in [-0.3, -0.25) is 0 Å². The van der Waals surface area contributed by atoms with Crippen LogP contribution in [0.25, 0.3) is 0 Å². The highest BCUT2D eigenvalue weighted by Crippen LogP contribution is 1.33. The highest BCUT2D eigenvalue weighted by atomic mass is 28.1.